The lowest BCUT2D eigenvalue weighted by Gasteiger charge is -2.02. The minimum Gasteiger partial charge on any atom is -0.422 e. The quantitative estimate of drug-likeness (QED) is 0.696. The number of aromatic amines is 1. The van der Waals surface area contributed by atoms with Gasteiger partial charge in [0.2, 0.25) is 5.82 Å². The molecular formula is C13H9F2N3O. The number of benzene rings is 2. The van der Waals surface area contributed by atoms with Gasteiger partial charge in [-0.25, -0.2) is 4.39 Å². The SMILES string of the molecule is Nc1ccc2nc(Oc3cccc(F)c3F)[nH]c2c1. The van der Waals surface area contributed by atoms with E-state index in [0.717, 1.165) is 6.07 Å². The van der Waals surface area contributed by atoms with E-state index in [1.54, 1.807) is 18.2 Å². The van der Waals surface area contributed by atoms with E-state index in [4.69, 9.17) is 10.5 Å². The van der Waals surface area contributed by atoms with E-state index in [2.05, 4.69) is 9.97 Å². The summed E-state index contributed by atoms with van der Waals surface area (Å²) >= 11 is 0. The van der Waals surface area contributed by atoms with Gasteiger partial charge in [0.15, 0.2) is 11.6 Å². The third-order valence-electron chi connectivity index (χ3n) is 2.61. The summed E-state index contributed by atoms with van der Waals surface area (Å²) in [7, 11) is 0. The number of fused-ring (bicyclic) bond motifs is 1. The third-order valence-corrected chi connectivity index (χ3v) is 2.61. The number of nitrogens with one attached hydrogen (secondary N) is 1. The highest BCUT2D eigenvalue weighted by molar-refractivity contribution is 5.79. The highest BCUT2D eigenvalue weighted by Gasteiger charge is 2.12. The topological polar surface area (TPSA) is 63.9 Å². The number of nitrogen functional groups attached to an aromatic ring is 1. The second-order valence-electron chi connectivity index (χ2n) is 3.97. The predicted octanol–water partition coefficient (Wildman–Crippen LogP) is 3.22. The molecule has 2 aromatic carbocycles. The molecule has 0 bridgehead atoms. The number of H-pyrrole nitrogens is 1. The summed E-state index contributed by atoms with van der Waals surface area (Å²) in [6.45, 7) is 0. The highest BCUT2D eigenvalue weighted by atomic mass is 19.2. The van der Waals surface area contributed by atoms with Crippen LogP contribution >= 0.6 is 0 Å². The first kappa shape index (κ1) is 11.5. The molecule has 0 radical (unpaired) electrons. The summed E-state index contributed by atoms with van der Waals surface area (Å²) in [5.41, 5.74) is 7.49. The van der Waals surface area contributed by atoms with E-state index in [1.165, 1.54) is 12.1 Å². The number of aromatic nitrogens is 2. The molecular weight excluding hydrogens is 252 g/mol. The van der Waals surface area contributed by atoms with Crippen molar-refractivity contribution in [2.24, 2.45) is 0 Å². The van der Waals surface area contributed by atoms with E-state index < -0.39 is 11.6 Å². The molecule has 0 saturated carbocycles. The first-order valence-corrected chi connectivity index (χ1v) is 5.50. The minimum absolute atomic E-state index is 0.0742. The van der Waals surface area contributed by atoms with Crippen LogP contribution in [0.25, 0.3) is 11.0 Å². The molecule has 4 nitrogen and oxygen atoms in total. The van der Waals surface area contributed by atoms with Gasteiger partial charge in [-0.05, 0) is 30.3 Å². The number of halogens is 2. The van der Waals surface area contributed by atoms with Crippen molar-refractivity contribution >= 4 is 16.7 Å². The number of imidazole rings is 1. The van der Waals surface area contributed by atoms with Crippen molar-refractivity contribution in [3.05, 3.63) is 48.0 Å². The van der Waals surface area contributed by atoms with Crippen LogP contribution in [0.1, 0.15) is 0 Å². The molecule has 0 atom stereocenters. The normalized spacial score (nSPS) is 10.8. The average molecular weight is 261 g/mol. The maximum atomic E-state index is 13.4. The maximum absolute atomic E-state index is 13.4. The van der Waals surface area contributed by atoms with Crippen molar-refractivity contribution in [1.29, 1.82) is 0 Å². The van der Waals surface area contributed by atoms with Crippen molar-refractivity contribution < 1.29 is 13.5 Å². The van der Waals surface area contributed by atoms with Crippen LogP contribution in [-0.4, -0.2) is 9.97 Å². The first-order chi connectivity index (χ1) is 9.13. The van der Waals surface area contributed by atoms with Gasteiger partial charge < -0.3 is 15.5 Å². The number of nitrogens with zero attached hydrogens (tertiary/aromatic N) is 1. The van der Waals surface area contributed by atoms with E-state index in [1.807, 2.05) is 0 Å². The molecule has 0 saturated heterocycles. The fourth-order valence-electron chi connectivity index (χ4n) is 1.72. The molecule has 0 aliphatic heterocycles. The van der Waals surface area contributed by atoms with Gasteiger partial charge in [0.1, 0.15) is 0 Å². The Balaban J connectivity index is 1.99. The molecule has 19 heavy (non-hydrogen) atoms. The van der Waals surface area contributed by atoms with Crippen LogP contribution in [0.2, 0.25) is 0 Å². The van der Waals surface area contributed by atoms with Gasteiger partial charge in [0, 0.05) is 5.69 Å². The Bertz CT molecular complexity index is 755. The maximum Gasteiger partial charge on any atom is 0.300 e. The van der Waals surface area contributed by atoms with E-state index in [9.17, 15) is 8.78 Å². The molecule has 0 aliphatic rings. The van der Waals surface area contributed by atoms with Crippen LogP contribution in [0.3, 0.4) is 0 Å². The van der Waals surface area contributed by atoms with Crippen LogP contribution in [0.5, 0.6) is 11.8 Å². The van der Waals surface area contributed by atoms with Crippen molar-refractivity contribution in [3.63, 3.8) is 0 Å². The Labute approximate surface area is 106 Å². The molecule has 3 N–H and O–H groups in total. The lowest BCUT2D eigenvalue weighted by Crippen LogP contribution is -1.92. The Morgan fingerprint density at radius 3 is 2.84 bits per heavy atom. The van der Waals surface area contributed by atoms with Gasteiger partial charge in [-0.3, -0.25) is 0 Å². The number of hydrogen-bond acceptors (Lipinski definition) is 3. The summed E-state index contributed by atoms with van der Waals surface area (Å²) in [6.07, 6.45) is 0. The molecule has 6 heteroatoms. The summed E-state index contributed by atoms with van der Waals surface area (Å²) in [4.78, 5) is 6.93. The van der Waals surface area contributed by atoms with Gasteiger partial charge in [-0.2, -0.15) is 9.37 Å². The Morgan fingerprint density at radius 1 is 1.16 bits per heavy atom. The van der Waals surface area contributed by atoms with E-state index in [-0.39, 0.29) is 11.8 Å². The fraction of sp³-hybridized carbons (Fsp3) is 0. The fourth-order valence-corrected chi connectivity index (χ4v) is 1.72. The number of hydrogen-bond donors (Lipinski definition) is 2. The zero-order valence-corrected chi connectivity index (χ0v) is 9.65. The lowest BCUT2D eigenvalue weighted by atomic mass is 10.3. The lowest BCUT2D eigenvalue weighted by molar-refractivity contribution is 0.397. The van der Waals surface area contributed by atoms with Crippen LogP contribution < -0.4 is 10.5 Å². The van der Waals surface area contributed by atoms with Gasteiger partial charge in [0.05, 0.1) is 11.0 Å². The van der Waals surface area contributed by atoms with E-state index in [0.29, 0.717) is 16.7 Å². The first-order valence-electron chi connectivity index (χ1n) is 5.50. The predicted molar refractivity (Wildman–Crippen MR) is 66.9 cm³/mol. The molecule has 0 spiro atoms. The number of nitrogens with two attached hydrogens (primary N) is 1. The number of anilines is 1. The second-order valence-corrected chi connectivity index (χ2v) is 3.97. The smallest absolute Gasteiger partial charge is 0.300 e. The number of ether oxygens (including phenoxy) is 1. The van der Waals surface area contributed by atoms with Crippen LogP contribution in [0.4, 0.5) is 14.5 Å². The standard InChI is InChI=1S/C13H9F2N3O/c14-8-2-1-3-11(12(8)15)19-13-17-9-5-4-7(16)6-10(9)18-13/h1-6H,16H2,(H,17,18). The zero-order chi connectivity index (χ0) is 13.4. The third kappa shape index (κ3) is 2.08. The van der Waals surface area contributed by atoms with Crippen molar-refractivity contribution in [1.82, 2.24) is 9.97 Å². The average Bonchev–Trinajstić information content (AvgIpc) is 2.76. The number of rotatable bonds is 2. The van der Waals surface area contributed by atoms with Crippen molar-refractivity contribution in [3.8, 4) is 11.8 Å². The van der Waals surface area contributed by atoms with Crippen molar-refractivity contribution in [2.45, 2.75) is 0 Å². The van der Waals surface area contributed by atoms with Crippen molar-refractivity contribution in [2.75, 3.05) is 5.73 Å². The molecule has 3 rings (SSSR count). The molecule has 1 aromatic heterocycles. The van der Waals surface area contributed by atoms with Crippen LogP contribution in [-0.2, 0) is 0 Å². The summed E-state index contributed by atoms with van der Waals surface area (Å²) in [5, 5.41) is 0. The van der Waals surface area contributed by atoms with Gasteiger partial charge in [-0.15, -0.1) is 0 Å². The Morgan fingerprint density at radius 2 is 2.00 bits per heavy atom. The molecule has 96 valence electrons. The molecule has 0 unspecified atom stereocenters. The van der Waals surface area contributed by atoms with Gasteiger partial charge in [-0.1, -0.05) is 6.07 Å². The molecule has 0 aliphatic carbocycles. The molecule has 3 aromatic rings. The van der Waals surface area contributed by atoms with Crippen LogP contribution in [0.15, 0.2) is 36.4 Å². The van der Waals surface area contributed by atoms with Gasteiger partial charge in [0.25, 0.3) is 6.01 Å². The summed E-state index contributed by atoms with van der Waals surface area (Å²) in [5.74, 6) is -2.26. The molecule has 0 amide bonds. The van der Waals surface area contributed by atoms with E-state index >= 15 is 0 Å². The largest absolute Gasteiger partial charge is 0.422 e. The molecule has 0 fully saturated rings. The Kier molecular flexibility index (Phi) is 2.56. The minimum atomic E-state index is -1.05. The monoisotopic (exact) mass is 261 g/mol. The molecule has 1 heterocycles. The second kappa shape index (κ2) is 4.24. The zero-order valence-electron chi connectivity index (χ0n) is 9.65. The highest BCUT2D eigenvalue weighted by Crippen LogP contribution is 2.26. The van der Waals surface area contributed by atoms with Gasteiger partial charge >= 0.3 is 0 Å². The summed E-state index contributed by atoms with van der Waals surface area (Å²) in [6, 6.07) is 8.84. The Hall–Kier alpha value is -2.63. The summed E-state index contributed by atoms with van der Waals surface area (Å²) < 4.78 is 31.7. The van der Waals surface area contributed by atoms with Crippen LogP contribution in [0, 0.1) is 11.6 Å².